The number of aliphatic imine (C=N–C) groups is 1. The van der Waals surface area contributed by atoms with E-state index in [0.717, 1.165) is 35.2 Å². The second kappa shape index (κ2) is 15.2. The van der Waals surface area contributed by atoms with Gasteiger partial charge in [-0.1, -0.05) is 61.5 Å². The normalized spacial score (nSPS) is 14.6. The van der Waals surface area contributed by atoms with Gasteiger partial charge in [0.1, 0.15) is 18.2 Å². The molecule has 1 saturated heterocycles. The van der Waals surface area contributed by atoms with Crippen molar-refractivity contribution in [3.05, 3.63) is 89.7 Å². The Morgan fingerprint density at radius 3 is 2.51 bits per heavy atom. The van der Waals surface area contributed by atoms with Crippen molar-refractivity contribution in [3.8, 4) is 22.8 Å². The summed E-state index contributed by atoms with van der Waals surface area (Å²) in [7, 11) is 1.67. The molecule has 49 heavy (non-hydrogen) atoms. The quantitative estimate of drug-likeness (QED) is 0.148. The Morgan fingerprint density at radius 1 is 1.14 bits per heavy atom. The third-order valence-electron chi connectivity index (χ3n) is 7.69. The minimum atomic E-state index is -4.77. The van der Waals surface area contributed by atoms with Crippen LogP contribution in [0.4, 0.5) is 18.9 Å². The number of amidine groups is 1. The smallest absolute Gasteiger partial charge is 0.406 e. The number of hydrogen-bond donors (Lipinski definition) is 1. The maximum Gasteiger partial charge on any atom is 0.573 e. The van der Waals surface area contributed by atoms with E-state index >= 15 is 0 Å². The third-order valence-corrected chi connectivity index (χ3v) is 8.82. The van der Waals surface area contributed by atoms with Crippen LogP contribution in [0, 0.1) is 6.92 Å². The zero-order valence-electron chi connectivity index (χ0n) is 27.2. The Labute approximate surface area is 291 Å². The molecule has 256 valence electrons. The number of benzene rings is 3. The number of nitrogens with zero attached hydrogens (tertiary/aromatic N) is 6. The molecule has 5 rings (SSSR count). The Bertz CT molecular complexity index is 1860. The first-order valence-corrected chi connectivity index (χ1v) is 16.8. The van der Waals surface area contributed by atoms with Gasteiger partial charge in [0.2, 0.25) is 11.8 Å². The lowest BCUT2D eigenvalue weighted by molar-refractivity contribution is -0.274. The molecule has 1 aliphatic rings. The van der Waals surface area contributed by atoms with Gasteiger partial charge in [0, 0.05) is 26.0 Å². The van der Waals surface area contributed by atoms with Crippen LogP contribution in [0.3, 0.4) is 0 Å². The molecule has 1 N–H and O–H groups in total. The van der Waals surface area contributed by atoms with E-state index in [0.29, 0.717) is 28.7 Å². The Hall–Kier alpha value is -4.76. The first-order valence-electron chi connectivity index (χ1n) is 15.4. The van der Waals surface area contributed by atoms with Crippen molar-refractivity contribution in [2.24, 2.45) is 4.99 Å². The fraction of sp³-hybridized carbons (Fsp3) is 0.294. The van der Waals surface area contributed by atoms with Crippen molar-refractivity contribution < 1.29 is 27.5 Å². The SMILES string of the molecule is CCCc1ccc(C)cc1N1C(=O)CSC1=NC(=S)NC(Cc1ccc(-c2ncn(-c3ccc(OC(F)(F)F)cc3)n2)cc1)N(C)C(C)=O. The molecule has 0 aliphatic carbocycles. The minimum absolute atomic E-state index is 0.0697. The van der Waals surface area contributed by atoms with Crippen LogP contribution in [0.25, 0.3) is 17.1 Å². The highest BCUT2D eigenvalue weighted by Crippen LogP contribution is 2.31. The van der Waals surface area contributed by atoms with Gasteiger partial charge in [-0.05, 0) is 72.6 Å². The zero-order chi connectivity index (χ0) is 35.3. The topological polar surface area (TPSA) is 105 Å². The second-order valence-corrected chi connectivity index (χ2v) is 12.7. The first-order chi connectivity index (χ1) is 23.3. The monoisotopic (exact) mass is 709 g/mol. The number of likely N-dealkylation sites (N-methyl/N-ethyl adjacent to an activating group) is 1. The van der Waals surface area contributed by atoms with E-state index in [1.165, 1.54) is 54.0 Å². The van der Waals surface area contributed by atoms with Gasteiger partial charge in [0.05, 0.1) is 17.1 Å². The molecule has 0 spiro atoms. The number of aromatic nitrogens is 3. The molecule has 0 radical (unpaired) electrons. The summed E-state index contributed by atoms with van der Waals surface area (Å²) < 4.78 is 42.8. The average molecular weight is 710 g/mol. The van der Waals surface area contributed by atoms with Gasteiger partial charge in [-0.2, -0.15) is 4.99 Å². The Kier molecular flexibility index (Phi) is 11.0. The molecular weight excluding hydrogens is 676 g/mol. The van der Waals surface area contributed by atoms with Crippen molar-refractivity contribution in [1.29, 1.82) is 0 Å². The molecule has 10 nitrogen and oxygen atoms in total. The fourth-order valence-corrected chi connectivity index (χ4v) is 6.29. The number of halogens is 3. The average Bonchev–Trinajstić information content (AvgIpc) is 3.68. The lowest BCUT2D eigenvalue weighted by atomic mass is 10.0. The highest BCUT2D eigenvalue weighted by molar-refractivity contribution is 8.15. The number of anilines is 1. The van der Waals surface area contributed by atoms with Gasteiger partial charge in [-0.25, -0.2) is 9.67 Å². The van der Waals surface area contributed by atoms with E-state index in [1.54, 1.807) is 16.8 Å². The number of nitrogens with one attached hydrogen (secondary N) is 1. The predicted octanol–water partition coefficient (Wildman–Crippen LogP) is 6.45. The number of rotatable bonds is 10. The van der Waals surface area contributed by atoms with Gasteiger partial charge in [-0.3, -0.25) is 14.5 Å². The number of thioether (sulfide) groups is 1. The molecule has 1 fully saturated rings. The van der Waals surface area contributed by atoms with E-state index in [9.17, 15) is 22.8 Å². The number of carbonyl (C=O) groups excluding carboxylic acids is 2. The molecule has 3 aromatic carbocycles. The summed E-state index contributed by atoms with van der Waals surface area (Å²) in [5, 5.41) is 8.28. The Morgan fingerprint density at radius 2 is 1.86 bits per heavy atom. The highest BCUT2D eigenvalue weighted by Gasteiger charge is 2.32. The number of aryl methyl sites for hydroxylation is 2. The summed E-state index contributed by atoms with van der Waals surface area (Å²) >= 11 is 6.95. The van der Waals surface area contributed by atoms with Gasteiger partial charge < -0.3 is 15.0 Å². The number of alkyl halides is 3. The molecule has 4 aromatic rings. The summed E-state index contributed by atoms with van der Waals surface area (Å²) in [6, 6.07) is 18.8. The predicted molar refractivity (Wildman–Crippen MR) is 188 cm³/mol. The number of carbonyl (C=O) groups is 2. The molecule has 15 heteroatoms. The second-order valence-electron chi connectivity index (χ2n) is 11.3. The molecule has 2 amide bonds. The standard InChI is InChI=1S/C34H34F3N7O3S2/c1-5-6-24-10-7-21(2)17-28(24)44-30(46)19-49-33(44)40-32(48)39-29(42(4)22(3)45)18-23-8-11-25(12-9-23)31-38-20-43(41-31)26-13-15-27(16-14-26)47-34(35,36)37/h7-17,20,29H,5-6,18-19H2,1-4H3,(H,39,48). The lowest BCUT2D eigenvalue weighted by Gasteiger charge is -2.29. The summed E-state index contributed by atoms with van der Waals surface area (Å²) in [5.41, 5.74) is 5.01. The van der Waals surface area contributed by atoms with Crippen molar-refractivity contribution in [3.63, 3.8) is 0 Å². The van der Waals surface area contributed by atoms with Crippen LogP contribution in [-0.2, 0) is 22.4 Å². The molecular formula is C34H34F3N7O3S2. The van der Waals surface area contributed by atoms with Crippen LogP contribution < -0.4 is 15.0 Å². The van der Waals surface area contributed by atoms with Crippen molar-refractivity contribution in [1.82, 2.24) is 25.0 Å². The zero-order valence-corrected chi connectivity index (χ0v) is 28.8. The van der Waals surface area contributed by atoms with Crippen molar-refractivity contribution in [2.75, 3.05) is 17.7 Å². The van der Waals surface area contributed by atoms with Crippen LogP contribution >= 0.6 is 24.0 Å². The number of amides is 2. The molecule has 1 unspecified atom stereocenters. The van der Waals surface area contributed by atoms with Crippen LogP contribution in [-0.4, -0.2) is 67.1 Å². The molecule has 1 aromatic heterocycles. The van der Waals surface area contributed by atoms with E-state index in [2.05, 4.69) is 32.1 Å². The maximum atomic E-state index is 13.0. The summed E-state index contributed by atoms with van der Waals surface area (Å²) in [4.78, 5) is 37.6. The summed E-state index contributed by atoms with van der Waals surface area (Å²) in [5.74, 6) is 0.0911. The highest BCUT2D eigenvalue weighted by atomic mass is 32.2. The van der Waals surface area contributed by atoms with Crippen molar-refractivity contribution in [2.45, 2.75) is 52.6 Å². The maximum absolute atomic E-state index is 13.0. The molecule has 1 atom stereocenters. The molecule has 0 bridgehead atoms. The van der Waals surface area contributed by atoms with E-state index < -0.39 is 12.5 Å². The number of ether oxygens (including phenoxy) is 1. The molecule has 1 aliphatic heterocycles. The summed E-state index contributed by atoms with van der Waals surface area (Å²) in [6.45, 7) is 5.54. The van der Waals surface area contributed by atoms with Crippen molar-refractivity contribution >= 4 is 51.8 Å². The Balaban J connectivity index is 1.29. The van der Waals surface area contributed by atoms with Gasteiger partial charge >= 0.3 is 6.36 Å². The third kappa shape index (κ3) is 9.03. The van der Waals surface area contributed by atoms with Gasteiger partial charge in [-0.15, -0.1) is 18.3 Å². The first kappa shape index (κ1) is 35.5. The van der Waals surface area contributed by atoms with Crippen LogP contribution in [0.1, 0.15) is 37.0 Å². The summed E-state index contributed by atoms with van der Waals surface area (Å²) in [6.07, 6.45) is -1.70. The molecule has 2 heterocycles. The van der Waals surface area contributed by atoms with Crippen LogP contribution in [0.2, 0.25) is 0 Å². The molecule has 0 saturated carbocycles. The largest absolute Gasteiger partial charge is 0.573 e. The number of hydrogen-bond acceptors (Lipinski definition) is 7. The minimum Gasteiger partial charge on any atom is -0.406 e. The van der Waals surface area contributed by atoms with Gasteiger partial charge in [0.15, 0.2) is 16.1 Å². The van der Waals surface area contributed by atoms with E-state index in [-0.39, 0.29) is 28.4 Å². The van der Waals surface area contributed by atoms with Crippen LogP contribution in [0.5, 0.6) is 5.75 Å². The lowest BCUT2D eigenvalue weighted by Crippen LogP contribution is -2.49. The van der Waals surface area contributed by atoms with Gasteiger partial charge in [0.25, 0.3) is 0 Å². The van der Waals surface area contributed by atoms with E-state index in [4.69, 9.17) is 12.2 Å². The fourth-order valence-electron chi connectivity index (χ4n) is 5.14. The van der Waals surface area contributed by atoms with E-state index in [1.807, 2.05) is 49.4 Å². The number of thiocarbonyl (C=S) groups is 1. The van der Waals surface area contributed by atoms with Crippen LogP contribution in [0.15, 0.2) is 78.0 Å².